The first-order valence-corrected chi connectivity index (χ1v) is 7.15. The molecule has 1 N–H and O–H groups in total. The molecule has 0 saturated heterocycles. The van der Waals surface area contributed by atoms with Gasteiger partial charge in [-0.2, -0.15) is 0 Å². The maximum absolute atomic E-state index is 6.27. The first-order valence-electron chi connectivity index (χ1n) is 6.39. The van der Waals surface area contributed by atoms with Crippen molar-refractivity contribution in [3.8, 4) is 0 Å². The molecule has 1 fully saturated rings. The third-order valence-corrected chi connectivity index (χ3v) is 4.37. The van der Waals surface area contributed by atoms with Crippen molar-refractivity contribution in [1.82, 2.24) is 5.32 Å². The van der Waals surface area contributed by atoms with Gasteiger partial charge in [0, 0.05) is 6.04 Å². The number of hydrogen-bond donors (Lipinski definition) is 1. The third-order valence-electron chi connectivity index (χ3n) is 3.54. The van der Waals surface area contributed by atoms with E-state index in [1.165, 1.54) is 31.2 Å². The number of hydrogen-bond acceptors (Lipinski definition) is 1. The molecule has 0 spiro atoms. The topological polar surface area (TPSA) is 12.0 Å². The Labute approximate surface area is 114 Å². The van der Waals surface area contributed by atoms with Gasteiger partial charge in [0.2, 0.25) is 0 Å². The van der Waals surface area contributed by atoms with Crippen molar-refractivity contribution in [3.63, 3.8) is 0 Å². The quantitative estimate of drug-likeness (QED) is 0.842. The fourth-order valence-corrected chi connectivity index (χ4v) is 3.10. The largest absolute Gasteiger partial charge is 0.314 e. The van der Waals surface area contributed by atoms with Gasteiger partial charge in [-0.05, 0) is 49.8 Å². The molecular weight excluding hydrogens is 253 g/mol. The van der Waals surface area contributed by atoms with E-state index in [0.29, 0.717) is 17.0 Å². The van der Waals surface area contributed by atoms with E-state index in [1.54, 1.807) is 0 Å². The molecule has 3 heteroatoms. The summed E-state index contributed by atoms with van der Waals surface area (Å²) in [6, 6.07) is 6.61. The summed E-state index contributed by atoms with van der Waals surface area (Å²) >= 11 is 12.3. The van der Waals surface area contributed by atoms with Crippen LogP contribution < -0.4 is 5.32 Å². The first-order chi connectivity index (χ1) is 8.22. The number of rotatable bonds is 4. The van der Waals surface area contributed by atoms with Crippen LogP contribution in [0.15, 0.2) is 18.2 Å². The van der Waals surface area contributed by atoms with E-state index in [4.69, 9.17) is 23.2 Å². The predicted octanol–water partition coefficient (Wildman–Crippen LogP) is 4.63. The number of nitrogens with one attached hydrogen (secondary N) is 1. The van der Waals surface area contributed by atoms with Crippen LogP contribution in [0.25, 0.3) is 0 Å². The van der Waals surface area contributed by atoms with Gasteiger partial charge in [-0.3, -0.25) is 0 Å². The summed E-state index contributed by atoms with van der Waals surface area (Å²) in [7, 11) is 0. The summed E-state index contributed by atoms with van der Waals surface area (Å²) in [5.74, 6) is 0.565. The van der Waals surface area contributed by atoms with Crippen LogP contribution in [-0.4, -0.2) is 12.6 Å². The minimum Gasteiger partial charge on any atom is -0.314 e. The second-order valence-electron chi connectivity index (χ2n) is 4.80. The van der Waals surface area contributed by atoms with Crippen LogP contribution in [0.4, 0.5) is 0 Å². The lowest BCUT2D eigenvalue weighted by Crippen LogP contribution is -2.26. The van der Waals surface area contributed by atoms with Crippen molar-refractivity contribution in [2.45, 2.75) is 44.6 Å². The molecule has 94 valence electrons. The number of benzene rings is 1. The molecule has 2 atom stereocenters. The Balaban J connectivity index is 2.02. The molecule has 0 radical (unpaired) electrons. The molecule has 1 aliphatic rings. The van der Waals surface area contributed by atoms with Gasteiger partial charge in [-0.15, -0.1) is 0 Å². The summed E-state index contributed by atoms with van der Waals surface area (Å²) in [6.45, 7) is 3.31. The van der Waals surface area contributed by atoms with Crippen molar-refractivity contribution in [2.24, 2.45) is 0 Å². The highest BCUT2D eigenvalue weighted by atomic mass is 35.5. The molecule has 2 rings (SSSR count). The van der Waals surface area contributed by atoms with Crippen LogP contribution in [0, 0.1) is 0 Å². The van der Waals surface area contributed by atoms with E-state index in [0.717, 1.165) is 11.6 Å². The molecule has 1 aliphatic carbocycles. The molecular formula is C14H19Cl2N. The molecule has 0 amide bonds. The van der Waals surface area contributed by atoms with Crippen molar-refractivity contribution >= 4 is 23.2 Å². The van der Waals surface area contributed by atoms with Crippen LogP contribution >= 0.6 is 23.2 Å². The minimum absolute atomic E-state index is 0.565. The van der Waals surface area contributed by atoms with Crippen molar-refractivity contribution in [1.29, 1.82) is 0 Å². The van der Waals surface area contributed by atoms with E-state index in [9.17, 15) is 0 Å². The maximum Gasteiger partial charge on any atom is 0.0627 e. The highest BCUT2D eigenvalue weighted by Crippen LogP contribution is 2.39. The summed E-state index contributed by atoms with van der Waals surface area (Å²) in [5.41, 5.74) is 1.22. The van der Waals surface area contributed by atoms with Crippen molar-refractivity contribution < 1.29 is 0 Å². The van der Waals surface area contributed by atoms with Crippen LogP contribution in [0.5, 0.6) is 0 Å². The van der Waals surface area contributed by atoms with E-state index in [1.807, 2.05) is 12.1 Å². The zero-order valence-corrected chi connectivity index (χ0v) is 11.7. The predicted molar refractivity (Wildman–Crippen MR) is 75.1 cm³/mol. The van der Waals surface area contributed by atoms with E-state index in [-0.39, 0.29) is 0 Å². The highest BCUT2D eigenvalue weighted by molar-refractivity contribution is 6.42. The standard InChI is InChI=1S/C14H19Cl2N/c1-2-8-17-11-7-6-10(9-11)12-4-3-5-13(15)14(12)16/h3-5,10-11,17H,2,6-9H2,1H3. The summed E-state index contributed by atoms with van der Waals surface area (Å²) < 4.78 is 0. The molecule has 2 unspecified atom stereocenters. The molecule has 0 heterocycles. The average Bonchev–Trinajstić information content (AvgIpc) is 2.78. The van der Waals surface area contributed by atoms with Gasteiger partial charge in [0.15, 0.2) is 0 Å². The maximum atomic E-state index is 6.27. The summed E-state index contributed by atoms with van der Waals surface area (Å²) in [4.78, 5) is 0. The molecule has 1 saturated carbocycles. The minimum atomic E-state index is 0.565. The lowest BCUT2D eigenvalue weighted by Gasteiger charge is -2.14. The van der Waals surface area contributed by atoms with E-state index >= 15 is 0 Å². The van der Waals surface area contributed by atoms with Crippen molar-refractivity contribution in [3.05, 3.63) is 33.8 Å². The Morgan fingerprint density at radius 3 is 2.88 bits per heavy atom. The number of halogens is 2. The molecule has 1 aromatic carbocycles. The smallest absolute Gasteiger partial charge is 0.0627 e. The second kappa shape index (κ2) is 6.08. The average molecular weight is 272 g/mol. The van der Waals surface area contributed by atoms with Gasteiger partial charge in [-0.1, -0.05) is 42.3 Å². The Morgan fingerprint density at radius 1 is 1.29 bits per heavy atom. The van der Waals surface area contributed by atoms with E-state index < -0.39 is 0 Å². The Morgan fingerprint density at radius 2 is 2.12 bits per heavy atom. The fraction of sp³-hybridized carbons (Fsp3) is 0.571. The lowest BCUT2D eigenvalue weighted by atomic mass is 9.97. The SMILES string of the molecule is CCCNC1CCC(c2cccc(Cl)c2Cl)C1. The van der Waals surface area contributed by atoms with Crippen molar-refractivity contribution in [2.75, 3.05) is 6.54 Å². The van der Waals surface area contributed by atoms with Crippen LogP contribution in [-0.2, 0) is 0 Å². The molecule has 1 nitrogen and oxygen atoms in total. The van der Waals surface area contributed by atoms with Gasteiger partial charge in [0.25, 0.3) is 0 Å². The third kappa shape index (κ3) is 3.15. The van der Waals surface area contributed by atoms with Gasteiger partial charge in [-0.25, -0.2) is 0 Å². The molecule has 0 aliphatic heterocycles. The molecule has 1 aromatic rings. The zero-order chi connectivity index (χ0) is 12.3. The fourth-order valence-electron chi connectivity index (χ4n) is 2.63. The molecule has 17 heavy (non-hydrogen) atoms. The van der Waals surface area contributed by atoms with Gasteiger partial charge >= 0.3 is 0 Å². The zero-order valence-electron chi connectivity index (χ0n) is 10.2. The first kappa shape index (κ1) is 13.2. The van der Waals surface area contributed by atoms with Gasteiger partial charge < -0.3 is 5.32 Å². The Hall–Kier alpha value is -0.240. The highest BCUT2D eigenvalue weighted by Gasteiger charge is 2.27. The van der Waals surface area contributed by atoms with E-state index in [2.05, 4.69) is 18.3 Å². The molecule has 0 aromatic heterocycles. The van der Waals surface area contributed by atoms with Gasteiger partial charge in [0.05, 0.1) is 10.0 Å². The van der Waals surface area contributed by atoms with Gasteiger partial charge in [0.1, 0.15) is 0 Å². The Bertz CT molecular complexity index is 378. The summed E-state index contributed by atoms with van der Waals surface area (Å²) in [5, 5.41) is 5.01. The molecule has 0 bridgehead atoms. The normalized spacial score (nSPS) is 24.2. The lowest BCUT2D eigenvalue weighted by molar-refractivity contribution is 0.517. The van der Waals surface area contributed by atoms with Crippen LogP contribution in [0.1, 0.15) is 44.1 Å². The van der Waals surface area contributed by atoms with Crippen LogP contribution in [0.3, 0.4) is 0 Å². The second-order valence-corrected chi connectivity index (χ2v) is 5.59. The Kier molecular flexibility index (Phi) is 4.72. The monoisotopic (exact) mass is 271 g/mol. The van der Waals surface area contributed by atoms with Crippen LogP contribution in [0.2, 0.25) is 10.0 Å². The summed E-state index contributed by atoms with van der Waals surface area (Å²) in [6.07, 6.45) is 4.83.